The second-order valence-electron chi connectivity index (χ2n) is 4.55. The molecule has 2 rings (SSSR count). The molecule has 0 aliphatic carbocycles. The number of nitrogens with zero attached hydrogens (tertiary/aromatic N) is 1. The van der Waals surface area contributed by atoms with E-state index in [1.165, 1.54) is 12.1 Å². The van der Waals surface area contributed by atoms with Gasteiger partial charge in [0.1, 0.15) is 10.7 Å². The van der Waals surface area contributed by atoms with E-state index in [1.54, 1.807) is 13.0 Å². The number of benzene rings is 1. The number of anilines is 2. The molecular formula is C13H13Cl2N3O2S. The number of aromatic nitrogens is 1. The van der Waals surface area contributed by atoms with Gasteiger partial charge in [0, 0.05) is 5.69 Å². The van der Waals surface area contributed by atoms with Gasteiger partial charge in [-0.3, -0.25) is 4.72 Å². The fraction of sp³-hybridized carbons (Fsp3) is 0.154. The Morgan fingerprint density at radius 3 is 2.48 bits per heavy atom. The number of hydrogen-bond acceptors (Lipinski definition) is 4. The topological polar surface area (TPSA) is 85.1 Å². The molecule has 0 aliphatic rings. The zero-order chi connectivity index (χ0) is 15.8. The summed E-state index contributed by atoms with van der Waals surface area (Å²) >= 11 is 11.8. The van der Waals surface area contributed by atoms with Crippen molar-refractivity contribution in [3.8, 4) is 0 Å². The van der Waals surface area contributed by atoms with Crippen molar-refractivity contribution in [2.45, 2.75) is 18.7 Å². The Morgan fingerprint density at radius 1 is 1.19 bits per heavy atom. The van der Waals surface area contributed by atoms with Crippen molar-refractivity contribution in [1.82, 2.24) is 4.98 Å². The van der Waals surface area contributed by atoms with Crippen LogP contribution in [0.4, 0.5) is 11.5 Å². The fourth-order valence-corrected chi connectivity index (χ4v) is 3.60. The highest BCUT2D eigenvalue weighted by atomic mass is 35.5. The molecule has 0 saturated carbocycles. The van der Waals surface area contributed by atoms with Gasteiger partial charge in [0.2, 0.25) is 0 Å². The number of aryl methyl sites for hydroxylation is 2. The van der Waals surface area contributed by atoms with Crippen molar-refractivity contribution >= 4 is 44.7 Å². The second-order valence-corrected chi connectivity index (χ2v) is 6.99. The molecule has 112 valence electrons. The maximum atomic E-state index is 12.4. The first-order valence-corrected chi connectivity index (χ1v) is 8.16. The third kappa shape index (κ3) is 3.40. The number of pyridine rings is 1. The minimum Gasteiger partial charge on any atom is -0.396 e. The predicted octanol–water partition coefficient (Wildman–Crippen LogP) is 3.39. The van der Waals surface area contributed by atoms with Crippen LogP contribution in [0.3, 0.4) is 0 Å². The van der Waals surface area contributed by atoms with E-state index in [1.807, 2.05) is 13.0 Å². The Hall–Kier alpha value is -1.50. The van der Waals surface area contributed by atoms with E-state index in [-0.39, 0.29) is 26.4 Å². The number of hydrogen-bond donors (Lipinski definition) is 2. The second kappa shape index (κ2) is 5.71. The van der Waals surface area contributed by atoms with E-state index in [0.717, 1.165) is 5.56 Å². The van der Waals surface area contributed by atoms with Crippen molar-refractivity contribution in [3.63, 3.8) is 0 Å². The summed E-state index contributed by atoms with van der Waals surface area (Å²) in [6, 6.07) is 6.14. The van der Waals surface area contributed by atoms with Crippen LogP contribution in [0.25, 0.3) is 0 Å². The molecule has 0 aliphatic heterocycles. The zero-order valence-electron chi connectivity index (χ0n) is 11.3. The molecule has 0 radical (unpaired) electrons. The summed E-state index contributed by atoms with van der Waals surface area (Å²) in [5, 5.41) is 0.0860. The van der Waals surface area contributed by atoms with E-state index in [0.29, 0.717) is 5.69 Å². The molecule has 1 aromatic carbocycles. The van der Waals surface area contributed by atoms with Gasteiger partial charge in [0.15, 0.2) is 0 Å². The number of sulfonamides is 1. The predicted molar refractivity (Wildman–Crippen MR) is 85.4 cm³/mol. The standard InChI is InChI=1S/C13H13Cl2N3O2S/c1-7-5-8(2)17-11(6-7)18-21(19,20)10-4-3-9(14)13(16)12(10)15/h3-6H,16H2,1-2H3,(H,17,18). The lowest BCUT2D eigenvalue weighted by Gasteiger charge is -2.11. The largest absolute Gasteiger partial charge is 0.396 e. The quantitative estimate of drug-likeness (QED) is 0.835. The summed E-state index contributed by atoms with van der Waals surface area (Å²) in [7, 11) is -3.90. The van der Waals surface area contributed by atoms with Gasteiger partial charge in [-0.05, 0) is 43.7 Å². The molecule has 21 heavy (non-hydrogen) atoms. The first kappa shape index (κ1) is 15.9. The van der Waals surface area contributed by atoms with Crippen LogP contribution >= 0.6 is 23.2 Å². The van der Waals surface area contributed by atoms with Gasteiger partial charge in [-0.2, -0.15) is 0 Å². The van der Waals surface area contributed by atoms with Crippen LogP contribution < -0.4 is 10.5 Å². The van der Waals surface area contributed by atoms with E-state index in [4.69, 9.17) is 28.9 Å². The summed E-state index contributed by atoms with van der Waals surface area (Å²) in [5.41, 5.74) is 7.27. The van der Waals surface area contributed by atoms with Gasteiger partial charge in [0.05, 0.1) is 15.7 Å². The summed E-state index contributed by atoms with van der Waals surface area (Å²) in [6.45, 7) is 3.62. The van der Waals surface area contributed by atoms with Crippen LogP contribution in [0.15, 0.2) is 29.2 Å². The third-order valence-electron chi connectivity index (χ3n) is 2.72. The van der Waals surface area contributed by atoms with E-state index >= 15 is 0 Å². The van der Waals surface area contributed by atoms with Gasteiger partial charge < -0.3 is 5.73 Å². The molecule has 2 aromatic rings. The Morgan fingerprint density at radius 2 is 1.86 bits per heavy atom. The molecule has 1 aromatic heterocycles. The number of nitrogens with one attached hydrogen (secondary N) is 1. The van der Waals surface area contributed by atoms with Crippen LogP contribution in [0, 0.1) is 13.8 Å². The molecule has 5 nitrogen and oxygen atoms in total. The molecule has 0 atom stereocenters. The maximum Gasteiger partial charge on any atom is 0.264 e. The van der Waals surface area contributed by atoms with Crippen molar-refractivity contribution in [3.05, 3.63) is 45.6 Å². The van der Waals surface area contributed by atoms with Crippen molar-refractivity contribution in [1.29, 1.82) is 0 Å². The average molecular weight is 346 g/mol. The van der Waals surface area contributed by atoms with E-state index in [9.17, 15) is 8.42 Å². The molecular weight excluding hydrogens is 333 g/mol. The SMILES string of the molecule is Cc1cc(C)nc(NS(=O)(=O)c2ccc(Cl)c(N)c2Cl)c1. The van der Waals surface area contributed by atoms with E-state index < -0.39 is 10.0 Å². The van der Waals surface area contributed by atoms with Crippen LogP contribution in [0.5, 0.6) is 0 Å². The molecule has 0 amide bonds. The normalized spacial score (nSPS) is 11.4. The molecule has 8 heteroatoms. The van der Waals surface area contributed by atoms with E-state index in [2.05, 4.69) is 9.71 Å². The van der Waals surface area contributed by atoms with Crippen LogP contribution in [0.1, 0.15) is 11.3 Å². The number of halogens is 2. The minimum absolute atomic E-state index is 0.0228. The molecule has 0 bridgehead atoms. The van der Waals surface area contributed by atoms with Gasteiger partial charge in [-0.1, -0.05) is 23.2 Å². The Labute approximate surface area is 133 Å². The van der Waals surface area contributed by atoms with Gasteiger partial charge >= 0.3 is 0 Å². The van der Waals surface area contributed by atoms with Crippen LogP contribution in [0.2, 0.25) is 10.0 Å². The highest BCUT2D eigenvalue weighted by Crippen LogP contribution is 2.33. The maximum absolute atomic E-state index is 12.4. The van der Waals surface area contributed by atoms with Crippen LogP contribution in [-0.2, 0) is 10.0 Å². The summed E-state index contributed by atoms with van der Waals surface area (Å²) in [5.74, 6) is 0.220. The third-order valence-corrected chi connectivity index (χ3v) is 4.96. The fourth-order valence-electron chi connectivity index (χ4n) is 1.84. The number of rotatable bonds is 3. The summed E-state index contributed by atoms with van der Waals surface area (Å²) in [6.07, 6.45) is 0. The molecule has 3 N–H and O–H groups in total. The molecule has 1 heterocycles. The Balaban J connectivity index is 2.46. The molecule has 0 unspecified atom stereocenters. The van der Waals surface area contributed by atoms with Gasteiger partial charge in [-0.15, -0.1) is 0 Å². The highest BCUT2D eigenvalue weighted by molar-refractivity contribution is 7.92. The van der Waals surface area contributed by atoms with Gasteiger partial charge in [-0.25, -0.2) is 13.4 Å². The summed E-state index contributed by atoms with van der Waals surface area (Å²) < 4.78 is 27.1. The molecule has 0 fully saturated rings. The summed E-state index contributed by atoms with van der Waals surface area (Å²) in [4.78, 5) is 3.98. The monoisotopic (exact) mass is 345 g/mol. The van der Waals surface area contributed by atoms with Crippen molar-refractivity contribution in [2.75, 3.05) is 10.5 Å². The Kier molecular flexibility index (Phi) is 4.32. The first-order valence-electron chi connectivity index (χ1n) is 5.92. The first-order chi connectivity index (χ1) is 9.70. The molecule has 0 spiro atoms. The smallest absolute Gasteiger partial charge is 0.264 e. The lowest BCUT2D eigenvalue weighted by molar-refractivity contribution is 0.601. The average Bonchev–Trinajstić information content (AvgIpc) is 2.33. The molecule has 0 saturated heterocycles. The minimum atomic E-state index is -3.90. The zero-order valence-corrected chi connectivity index (χ0v) is 13.6. The number of nitrogens with two attached hydrogens (primary N) is 1. The highest BCUT2D eigenvalue weighted by Gasteiger charge is 2.21. The lowest BCUT2D eigenvalue weighted by Crippen LogP contribution is -2.15. The van der Waals surface area contributed by atoms with Crippen LogP contribution in [-0.4, -0.2) is 13.4 Å². The Bertz CT molecular complexity index is 787. The van der Waals surface area contributed by atoms with Crippen molar-refractivity contribution in [2.24, 2.45) is 0 Å². The lowest BCUT2D eigenvalue weighted by atomic mass is 10.2. The number of nitrogen functional groups attached to an aromatic ring is 1. The van der Waals surface area contributed by atoms with Crippen molar-refractivity contribution < 1.29 is 8.42 Å². The van der Waals surface area contributed by atoms with Gasteiger partial charge in [0.25, 0.3) is 10.0 Å².